The van der Waals surface area contributed by atoms with Crippen molar-refractivity contribution >= 4 is 17.8 Å². The van der Waals surface area contributed by atoms with Crippen LogP contribution in [-0.2, 0) is 9.59 Å². The second-order valence-electron chi connectivity index (χ2n) is 3.14. The van der Waals surface area contributed by atoms with E-state index in [0.717, 1.165) is 6.08 Å². The molecule has 0 bridgehead atoms. The van der Waals surface area contributed by atoms with Gasteiger partial charge in [-0.05, 0) is 18.2 Å². The molecule has 17 heavy (non-hydrogen) atoms. The summed E-state index contributed by atoms with van der Waals surface area (Å²) in [6.45, 7) is 3.87. The smallest absolute Gasteiger partial charge is 0.376 e. The fraction of sp³-hybridized carbons (Fsp3) is 0.0769. The van der Waals surface area contributed by atoms with Gasteiger partial charge in [0.05, 0.1) is 0 Å². The van der Waals surface area contributed by atoms with E-state index in [2.05, 4.69) is 6.58 Å². The molecule has 0 aliphatic carbocycles. The zero-order chi connectivity index (χ0) is 12.7. The summed E-state index contributed by atoms with van der Waals surface area (Å²) in [6, 6.07) is 7.01. The molecule has 0 amide bonds. The summed E-state index contributed by atoms with van der Waals surface area (Å²) in [5, 5.41) is 8.43. The van der Waals surface area contributed by atoms with E-state index >= 15 is 0 Å². The highest BCUT2D eigenvalue weighted by molar-refractivity contribution is 6.38. The summed E-state index contributed by atoms with van der Waals surface area (Å²) < 4.78 is 5.35. The fourth-order valence-corrected chi connectivity index (χ4v) is 1.14. The van der Waals surface area contributed by atoms with E-state index < -0.39 is 11.8 Å². The number of hydrogen-bond acceptors (Lipinski definition) is 3. The van der Waals surface area contributed by atoms with Gasteiger partial charge in [0.25, 0.3) is 5.78 Å². The number of rotatable bonds is 6. The van der Waals surface area contributed by atoms with Gasteiger partial charge >= 0.3 is 5.97 Å². The van der Waals surface area contributed by atoms with E-state index in [1.165, 1.54) is 6.08 Å². The molecule has 1 N–H and O–H groups in total. The lowest BCUT2D eigenvalue weighted by atomic mass is 10.1. The Hall–Kier alpha value is -2.36. The molecule has 4 heteroatoms. The number of carbonyl (C=O) groups excluding carboxylic acids is 1. The molecule has 0 aromatic heterocycles. The average molecular weight is 232 g/mol. The minimum Gasteiger partial charge on any atom is -0.489 e. The van der Waals surface area contributed by atoms with Crippen molar-refractivity contribution in [2.75, 3.05) is 6.61 Å². The van der Waals surface area contributed by atoms with Gasteiger partial charge in [-0.3, -0.25) is 4.79 Å². The second kappa shape index (κ2) is 6.27. The lowest BCUT2D eigenvalue weighted by molar-refractivity contribution is -0.146. The van der Waals surface area contributed by atoms with Crippen molar-refractivity contribution in [1.29, 1.82) is 0 Å². The van der Waals surface area contributed by atoms with Gasteiger partial charge in [-0.15, -0.1) is 0 Å². The van der Waals surface area contributed by atoms with Crippen LogP contribution in [0.15, 0.2) is 43.0 Å². The average Bonchev–Trinajstić information content (AvgIpc) is 2.34. The van der Waals surface area contributed by atoms with Gasteiger partial charge < -0.3 is 9.84 Å². The van der Waals surface area contributed by atoms with Crippen LogP contribution in [-0.4, -0.2) is 23.5 Å². The molecule has 0 heterocycles. The zero-order valence-corrected chi connectivity index (χ0v) is 9.13. The summed E-state index contributed by atoms with van der Waals surface area (Å²) in [4.78, 5) is 21.2. The predicted molar refractivity (Wildman–Crippen MR) is 63.8 cm³/mol. The van der Waals surface area contributed by atoms with Gasteiger partial charge in [-0.2, -0.15) is 0 Å². The molecule has 0 fully saturated rings. The van der Waals surface area contributed by atoms with Gasteiger partial charge in [0, 0.05) is 5.56 Å². The molecule has 4 nitrogen and oxygen atoms in total. The van der Waals surface area contributed by atoms with E-state index in [1.807, 2.05) is 0 Å². The standard InChI is InChI=1S/C13H12O4/c1-2-9-17-12-6-4-3-5-10(12)7-8-11(14)13(15)16/h2-8H,1,9H2,(H,15,16)/b8-7+. The molecule has 0 unspecified atom stereocenters. The summed E-state index contributed by atoms with van der Waals surface area (Å²) in [5.41, 5.74) is 0.643. The molecule has 0 spiro atoms. The van der Waals surface area contributed by atoms with Crippen LogP contribution in [0.4, 0.5) is 0 Å². The van der Waals surface area contributed by atoms with Crippen molar-refractivity contribution in [2.24, 2.45) is 0 Å². The first-order chi connectivity index (χ1) is 8.15. The molecular weight excluding hydrogens is 220 g/mol. The van der Waals surface area contributed by atoms with Crippen molar-refractivity contribution < 1.29 is 19.4 Å². The number of carboxylic acid groups (broad SMARTS) is 1. The van der Waals surface area contributed by atoms with Crippen molar-refractivity contribution in [1.82, 2.24) is 0 Å². The monoisotopic (exact) mass is 232 g/mol. The Balaban J connectivity index is 2.86. The van der Waals surface area contributed by atoms with Crippen LogP contribution in [0.3, 0.4) is 0 Å². The molecule has 0 atom stereocenters. The largest absolute Gasteiger partial charge is 0.489 e. The topological polar surface area (TPSA) is 63.6 Å². The number of ketones is 1. The molecule has 0 aliphatic rings. The minimum atomic E-state index is -1.48. The zero-order valence-electron chi connectivity index (χ0n) is 9.13. The van der Waals surface area contributed by atoms with Gasteiger partial charge in [-0.25, -0.2) is 4.79 Å². The molecule has 1 aromatic carbocycles. The molecule has 88 valence electrons. The summed E-state index contributed by atoms with van der Waals surface area (Å²) in [7, 11) is 0. The van der Waals surface area contributed by atoms with Crippen molar-refractivity contribution in [3.8, 4) is 5.75 Å². The van der Waals surface area contributed by atoms with Gasteiger partial charge in [0.1, 0.15) is 12.4 Å². The first kappa shape index (κ1) is 12.7. The molecule has 0 saturated carbocycles. The number of carbonyl (C=O) groups is 2. The maximum Gasteiger partial charge on any atom is 0.376 e. The summed E-state index contributed by atoms with van der Waals surface area (Å²) in [6.07, 6.45) is 4.01. The van der Waals surface area contributed by atoms with Crippen LogP contribution in [0, 0.1) is 0 Å². The number of benzene rings is 1. The Morgan fingerprint density at radius 2 is 2.06 bits per heavy atom. The van der Waals surface area contributed by atoms with Crippen molar-refractivity contribution in [3.05, 3.63) is 48.6 Å². The minimum absolute atomic E-state index is 0.345. The van der Waals surface area contributed by atoms with Gasteiger partial charge in [-0.1, -0.05) is 30.9 Å². The number of para-hydroxylation sites is 1. The molecule has 1 aromatic rings. The first-order valence-corrected chi connectivity index (χ1v) is 4.93. The quantitative estimate of drug-likeness (QED) is 0.462. The Labute approximate surface area is 98.8 Å². The predicted octanol–water partition coefficient (Wildman–Crippen LogP) is 1.92. The maximum absolute atomic E-state index is 10.9. The van der Waals surface area contributed by atoms with Crippen LogP contribution < -0.4 is 4.74 Å². The van der Waals surface area contributed by atoms with Crippen LogP contribution in [0.5, 0.6) is 5.75 Å². The number of aliphatic carboxylic acids is 1. The molecule has 1 rings (SSSR count). The van der Waals surface area contributed by atoms with Crippen molar-refractivity contribution in [3.63, 3.8) is 0 Å². The third-order valence-corrected chi connectivity index (χ3v) is 1.90. The normalized spacial score (nSPS) is 10.1. The number of ether oxygens (including phenoxy) is 1. The van der Waals surface area contributed by atoms with E-state index in [1.54, 1.807) is 30.3 Å². The highest BCUT2D eigenvalue weighted by Crippen LogP contribution is 2.19. The summed E-state index contributed by atoms with van der Waals surface area (Å²) >= 11 is 0. The fourth-order valence-electron chi connectivity index (χ4n) is 1.14. The molecule has 0 aliphatic heterocycles. The van der Waals surface area contributed by atoms with Crippen LogP contribution in [0.25, 0.3) is 6.08 Å². The summed E-state index contributed by atoms with van der Waals surface area (Å²) in [5.74, 6) is -1.88. The number of hydrogen-bond donors (Lipinski definition) is 1. The van der Waals surface area contributed by atoms with E-state index in [4.69, 9.17) is 9.84 Å². The van der Waals surface area contributed by atoms with Gasteiger partial charge in [0.2, 0.25) is 0 Å². The Kier molecular flexibility index (Phi) is 4.69. The third kappa shape index (κ3) is 3.95. The van der Waals surface area contributed by atoms with E-state index in [0.29, 0.717) is 17.9 Å². The Morgan fingerprint density at radius 1 is 1.35 bits per heavy atom. The lowest BCUT2D eigenvalue weighted by Crippen LogP contribution is -2.08. The van der Waals surface area contributed by atoms with Gasteiger partial charge in [0.15, 0.2) is 0 Å². The van der Waals surface area contributed by atoms with Crippen LogP contribution >= 0.6 is 0 Å². The molecular formula is C13H12O4. The Bertz CT molecular complexity index is 460. The lowest BCUT2D eigenvalue weighted by Gasteiger charge is -2.06. The molecule has 0 saturated heterocycles. The van der Waals surface area contributed by atoms with Crippen LogP contribution in [0.2, 0.25) is 0 Å². The van der Waals surface area contributed by atoms with Crippen molar-refractivity contribution in [2.45, 2.75) is 0 Å². The molecule has 0 radical (unpaired) electrons. The van der Waals surface area contributed by atoms with E-state index in [-0.39, 0.29) is 0 Å². The highest BCUT2D eigenvalue weighted by atomic mass is 16.5. The highest BCUT2D eigenvalue weighted by Gasteiger charge is 2.06. The first-order valence-electron chi connectivity index (χ1n) is 4.93. The SMILES string of the molecule is C=CCOc1ccccc1/C=C/C(=O)C(=O)O. The number of carboxylic acids is 1. The second-order valence-corrected chi connectivity index (χ2v) is 3.14. The maximum atomic E-state index is 10.9. The Morgan fingerprint density at radius 3 is 2.71 bits per heavy atom. The third-order valence-electron chi connectivity index (χ3n) is 1.90. The van der Waals surface area contributed by atoms with Crippen LogP contribution in [0.1, 0.15) is 5.56 Å². The van der Waals surface area contributed by atoms with E-state index in [9.17, 15) is 9.59 Å².